The quantitative estimate of drug-likeness (QED) is 0.739. The summed E-state index contributed by atoms with van der Waals surface area (Å²) in [6.45, 7) is 4.46. The summed E-state index contributed by atoms with van der Waals surface area (Å²) in [5, 5.41) is 0. The normalized spacial score (nSPS) is 11.7. The van der Waals surface area contributed by atoms with Crippen molar-refractivity contribution in [3.05, 3.63) is 17.9 Å². The number of hydrogen-bond donors (Lipinski definition) is 0. The molecule has 1 aromatic rings. The Labute approximate surface area is 125 Å². The van der Waals surface area contributed by atoms with Gasteiger partial charge in [-0.1, -0.05) is 13.8 Å². The third kappa shape index (κ3) is 3.85. The second-order valence-corrected chi connectivity index (χ2v) is 6.45. The molecule has 120 valence electrons. The molecule has 1 aromatic carbocycles. The van der Waals surface area contributed by atoms with Gasteiger partial charge in [0.25, 0.3) is 0 Å². The molecule has 0 saturated carbocycles. The highest BCUT2D eigenvalue weighted by Gasteiger charge is 2.28. The fourth-order valence-corrected chi connectivity index (χ4v) is 3.71. The molecular formula is C14H22FNO4S. The Balaban J connectivity index is 3.35. The average Bonchev–Trinajstić information content (AvgIpc) is 2.46. The molecule has 0 fully saturated rings. The fraction of sp³-hybridized carbons (Fsp3) is 0.571. The van der Waals surface area contributed by atoms with E-state index in [-0.39, 0.29) is 16.4 Å². The lowest BCUT2D eigenvalue weighted by atomic mass is 10.3. The number of rotatable bonds is 8. The molecule has 0 aromatic heterocycles. The van der Waals surface area contributed by atoms with Gasteiger partial charge in [0.05, 0.1) is 14.2 Å². The summed E-state index contributed by atoms with van der Waals surface area (Å²) in [7, 11) is -1.15. The van der Waals surface area contributed by atoms with Crippen molar-refractivity contribution < 1.29 is 22.3 Å². The van der Waals surface area contributed by atoms with Crippen molar-refractivity contribution >= 4 is 10.0 Å². The largest absolute Gasteiger partial charge is 0.493 e. The Hall–Kier alpha value is -1.34. The van der Waals surface area contributed by atoms with E-state index < -0.39 is 15.8 Å². The van der Waals surface area contributed by atoms with Crippen molar-refractivity contribution in [2.75, 3.05) is 27.3 Å². The maximum Gasteiger partial charge on any atom is 0.246 e. The molecule has 0 aliphatic carbocycles. The van der Waals surface area contributed by atoms with Crippen LogP contribution in [0.25, 0.3) is 0 Å². The smallest absolute Gasteiger partial charge is 0.246 e. The van der Waals surface area contributed by atoms with Crippen LogP contribution in [0.1, 0.15) is 26.7 Å². The van der Waals surface area contributed by atoms with E-state index >= 15 is 0 Å². The summed E-state index contributed by atoms with van der Waals surface area (Å²) in [6.07, 6.45) is 1.32. The zero-order valence-corrected chi connectivity index (χ0v) is 13.7. The van der Waals surface area contributed by atoms with Crippen molar-refractivity contribution in [3.63, 3.8) is 0 Å². The van der Waals surface area contributed by atoms with Crippen LogP contribution in [0.3, 0.4) is 0 Å². The molecule has 0 atom stereocenters. The van der Waals surface area contributed by atoms with E-state index in [2.05, 4.69) is 0 Å². The van der Waals surface area contributed by atoms with Crippen LogP contribution in [0, 0.1) is 5.82 Å². The molecular weight excluding hydrogens is 297 g/mol. The van der Waals surface area contributed by atoms with Gasteiger partial charge in [0.15, 0.2) is 11.5 Å². The van der Waals surface area contributed by atoms with Gasteiger partial charge in [-0.25, -0.2) is 12.8 Å². The second kappa shape index (κ2) is 7.61. The summed E-state index contributed by atoms with van der Waals surface area (Å²) in [5.41, 5.74) is 0. The summed E-state index contributed by atoms with van der Waals surface area (Å²) in [5.74, 6) is -0.498. The lowest BCUT2D eigenvalue weighted by Crippen LogP contribution is -2.33. The molecule has 0 bridgehead atoms. The van der Waals surface area contributed by atoms with Crippen molar-refractivity contribution in [3.8, 4) is 11.5 Å². The van der Waals surface area contributed by atoms with Crippen LogP contribution in [0.4, 0.5) is 4.39 Å². The minimum atomic E-state index is -3.89. The van der Waals surface area contributed by atoms with Gasteiger partial charge in [-0.2, -0.15) is 4.31 Å². The van der Waals surface area contributed by atoms with Crippen molar-refractivity contribution in [2.45, 2.75) is 31.6 Å². The minimum Gasteiger partial charge on any atom is -0.493 e. The first-order valence-corrected chi connectivity index (χ1v) is 8.28. The van der Waals surface area contributed by atoms with Crippen LogP contribution in [-0.2, 0) is 10.0 Å². The molecule has 0 heterocycles. The van der Waals surface area contributed by atoms with Gasteiger partial charge >= 0.3 is 0 Å². The predicted octanol–water partition coefficient (Wildman–Crippen LogP) is 2.65. The van der Waals surface area contributed by atoms with Crippen LogP contribution in [0.15, 0.2) is 17.0 Å². The summed E-state index contributed by atoms with van der Waals surface area (Å²) >= 11 is 0. The first-order valence-electron chi connectivity index (χ1n) is 6.84. The van der Waals surface area contributed by atoms with Gasteiger partial charge in [-0.15, -0.1) is 0 Å². The topological polar surface area (TPSA) is 55.8 Å². The average molecular weight is 319 g/mol. The number of halogens is 1. The fourth-order valence-electron chi connectivity index (χ4n) is 2.02. The van der Waals surface area contributed by atoms with E-state index in [9.17, 15) is 12.8 Å². The monoisotopic (exact) mass is 319 g/mol. The number of sulfonamides is 1. The van der Waals surface area contributed by atoms with Gasteiger partial charge in [0, 0.05) is 25.2 Å². The summed E-state index contributed by atoms with van der Waals surface area (Å²) in [4.78, 5) is -0.387. The molecule has 7 heteroatoms. The molecule has 0 radical (unpaired) electrons. The lowest BCUT2D eigenvalue weighted by Gasteiger charge is -2.22. The Morgan fingerprint density at radius 3 is 1.95 bits per heavy atom. The molecule has 0 unspecified atom stereocenters. The number of hydrogen-bond acceptors (Lipinski definition) is 4. The van der Waals surface area contributed by atoms with Gasteiger partial charge in [-0.3, -0.25) is 0 Å². The van der Waals surface area contributed by atoms with E-state index in [1.807, 2.05) is 13.8 Å². The van der Waals surface area contributed by atoms with E-state index in [1.165, 1.54) is 24.6 Å². The molecule has 0 aliphatic rings. The van der Waals surface area contributed by atoms with Gasteiger partial charge in [-0.05, 0) is 12.8 Å². The van der Waals surface area contributed by atoms with Gasteiger partial charge < -0.3 is 9.47 Å². The first kappa shape index (κ1) is 17.7. The first-order chi connectivity index (χ1) is 9.92. The zero-order chi connectivity index (χ0) is 16.0. The van der Waals surface area contributed by atoms with E-state index in [0.29, 0.717) is 25.9 Å². The van der Waals surface area contributed by atoms with Crippen LogP contribution in [-0.4, -0.2) is 40.0 Å². The minimum absolute atomic E-state index is 0.159. The predicted molar refractivity (Wildman–Crippen MR) is 78.8 cm³/mol. The Morgan fingerprint density at radius 2 is 1.52 bits per heavy atom. The van der Waals surface area contributed by atoms with Crippen molar-refractivity contribution in [2.24, 2.45) is 0 Å². The number of ether oxygens (including phenoxy) is 2. The zero-order valence-electron chi connectivity index (χ0n) is 12.8. The molecule has 0 N–H and O–H groups in total. The third-order valence-corrected chi connectivity index (χ3v) is 4.92. The van der Waals surface area contributed by atoms with Crippen LogP contribution < -0.4 is 9.47 Å². The molecule has 21 heavy (non-hydrogen) atoms. The van der Waals surface area contributed by atoms with Crippen molar-refractivity contribution in [1.82, 2.24) is 4.31 Å². The van der Waals surface area contributed by atoms with Crippen LogP contribution in [0.2, 0.25) is 0 Å². The SMILES string of the molecule is CCCN(CCC)S(=O)(=O)c1cc(OC)c(OC)cc1F. The molecule has 0 amide bonds. The van der Waals surface area contributed by atoms with E-state index in [4.69, 9.17) is 9.47 Å². The lowest BCUT2D eigenvalue weighted by molar-refractivity contribution is 0.349. The highest BCUT2D eigenvalue weighted by Crippen LogP contribution is 2.33. The molecule has 0 spiro atoms. The van der Waals surface area contributed by atoms with E-state index in [1.54, 1.807) is 0 Å². The summed E-state index contributed by atoms with van der Waals surface area (Å²) < 4.78 is 50.6. The van der Waals surface area contributed by atoms with Crippen molar-refractivity contribution in [1.29, 1.82) is 0 Å². The third-order valence-electron chi connectivity index (χ3n) is 3.00. The van der Waals surface area contributed by atoms with Gasteiger partial charge in [0.2, 0.25) is 10.0 Å². The van der Waals surface area contributed by atoms with Gasteiger partial charge in [0.1, 0.15) is 10.7 Å². The highest BCUT2D eigenvalue weighted by atomic mass is 32.2. The number of benzene rings is 1. The van der Waals surface area contributed by atoms with Crippen LogP contribution in [0.5, 0.6) is 11.5 Å². The number of nitrogens with zero attached hydrogens (tertiary/aromatic N) is 1. The Morgan fingerprint density at radius 1 is 1.05 bits per heavy atom. The maximum atomic E-state index is 14.1. The van der Waals surface area contributed by atoms with E-state index in [0.717, 1.165) is 6.07 Å². The molecule has 5 nitrogen and oxygen atoms in total. The Kier molecular flexibility index (Phi) is 6.42. The highest BCUT2D eigenvalue weighted by molar-refractivity contribution is 7.89. The molecule has 0 aliphatic heterocycles. The van der Waals surface area contributed by atoms with Crippen LogP contribution >= 0.6 is 0 Å². The molecule has 1 rings (SSSR count). The second-order valence-electron chi connectivity index (χ2n) is 4.54. The number of methoxy groups -OCH3 is 2. The Bertz CT molecular complexity index is 569. The summed E-state index contributed by atoms with van der Waals surface area (Å²) in [6, 6.07) is 2.20. The molecule has 0 saturated heterocycles. The maximum absolute atomic E-state index is 14.1. The standard InChI is InChI=1S/C14H22FNO4S/c1-5-7-16(8-6-2)21(17,18)14-10-13(20-4)12(19-3)9-11(14)15/h9-10H,5-8H2,1-4H3.